The minimum atomic E-state index is -4.64. The van der Waals surface area contributed by atoms with E-state index in [9.17, 15) is 10.1 Å². The molecule has 0 amide bonds. The molecule has 0 bridgehead atoms. The smallest absolute Gasteiger partial charge is 0.303 e. The zero-order chi connectivity index (χ0) is 17.6. The van der Waals surface area contributed by atoms with Gasteiger partial charge in [-0.25, -0.2) is 4.57 Å². The zero-order valence-electron chi connectivity index (χ0n) is 12.2. The average molecular weight is 357 g/mol. The second-order valence-corrected chi connectivity index (χ2v) is 6.12. The molecule has 1 aromatic rings. The summed E-state index contributed by atoms with van der Waals surface area (Å²) in [5.74, 6) is 0. The van der Waals surface area contributed by atoms with Gasteiger partial charge in [0.1, 0.15) is 0 Å². The van der Waals surface area contributed by atoms with E-state index in [1.807, 2.05) is 0 Å². The van der Waals surface area contributed by atoms with Crippen LogP contribution in [0.3, 0.4) is 0 Å². The minimum absolute atomic E-state index is 0.106. The van der Waals surface area contributed by atoms with E-state index in [4.69, 9.17) is 31.5 Å². The fourth-order valence-corrected chi connectivity index (χ4v) is 2.41. The molecule has 0 radical (unpaired) electrons. The lowest BCUT2D eigenvalue weighted by atomic mass is 9.90. The fraction of sp³-hybridized carbons (Fsp3) is 0.214. The molecule has 124 valence electrons. The largest absolute Gasteiger partial charge is 0.466 e. The van der Waals surface area contributed by atoms with Gasteiger partial charge in [0.05, 0.1) is 4.92 Å². The topological polar surface area (TPSA) is 121 Å². The quantitative estimate of drug-likeness (QED) is 0.329. The molecule has 0 aromatic heterocycles. The van der Waals surface area contributed by atoms with Crippen LogP contribution < -0.4 is 0 Å². The van der Waals surface area contributed by atoms with Crippen molar-refractivity contribution in [1.29, 1.82) is 0 Å². The second-order valence-electron chi connectivity index (χ2n) is 4.60. The van der Waals surface area contributed by atoms with E-state index in [1.165, 1.54) is 17.7 Å². The predicted molar refractivity (Wildman–Crippen MR) is 90.9 cm³/mol. The van der Waals surface area contributed by atoms with Crippen molar-refractivity contribution >= 4 is 36.2 Å². The Labute approximate surface area is 138 Å². The first-order chi connectivity index (χ1) is 10.6. The minimum Gasteiger partial charge on any atom is -0.303 e. The number of phosphoric acid groups is 1. The van der Waals surface area contributed by atoms with Crippen LogP contribution in [0.2, 0.25) is 0 Å². The first-order valence-electron chi connectivity index (χ1n) is 6.59. The summed E-state index contributed by atoms with van der Waals surface area (Å²) < 4.78 is 8.88. The van der Waals surface area contributed by atoms with E-state index < -0.39 is 12.7 Å². The van der Waals surface area contributed by atoms with Crippen LogP contribution in [0.5, 0.6) is 0 Å². The third-order valence-corrected chi connectivity index (χ3v) is 3.34. The Morgan fingerprint density at radius 3 is 2.22 bits per heavy atom. The lowest BCUT2D eigenvalue weighted by molar-refractivity contribution is -0.384. The lowest BCUT2D eigenvalue weighted by Gasteiger charge is -2.16. The van der Waals surface area contributed by atoms with Gasteiger partial charge in [-0.3, -0.25) is 10.1 Å². The van der Waals surface area contributed by atoms with Gasteiger partial charge in [0, 0.05) is 23.4 Å². The molecule has 1 aliphatic carbocycles. The molecule has 1 aliphatic rings. The van der Waals surface area contributed by atoms with Gasteiger partial charge >= 0.3 is 7.82 Å². The molecule has 0 aliphatic heterocycles. The van der Waals surface area contributed by atoms with Crippen LogP contribution in [0.25, 0.3) is 5.57 Å². The number of hydrogen-bond donors (Lipinski definition) is 3. The summed E-state index contributed by atoms with van der Waals surface area (Å²) in [6.07, 6.45) is 5.83. The molecule has 0 fully saturated rings. The molecule has 3 N–H and O–H groups in total. The first kappa shape index (κ1) is 19.3. The molecule has 7 nitrogen and oxygen atoms in total. The van der Waals surface area contributed by atoms with Crippen LogP contribution in [-0.4, -0.2) is 24.5 Å². The highest BCUT2D eigenvalue weighted by Gasteiger charge is 2.15. The normalized spacial score (nSPS) is 14.3. The van der Waals surface area contributed by atoms with E-state index in [0.717, 1.165) is 28.8 Å². The average Bonchev–Trinajstić information content (AvgIpc) is 2.45. The molecule has 0 heterocycles. The van der Waals surface area contributed by atoms with Crippen molar-refractivity contribution in [3.05, 3.63) is 57.7 Å². The summed E-state index contributed by atoms with van der Waals surface area (Å²) in [6, 6.07) is 6.59. The summed E-state index contributed by atoms with van der Waals surface area (Å²) >= 11 is 5.39. The van der Waals surface area contributed by atoms with Crippen molar-refractivity contribution in [3.63, 3.8) is 0 Å². The number of thiocarbonyl (C=S) groups is 1. The van der Waals surface area contributed by atoms with Crippen molar-refractivity contribution < 1.29 is 24.2 Å². The summed E-state index contributed by atoms with van der Waals surface area (Å²) in [5.41, 5.74) is 3.33. The molecule has 0 atom stereocenters. The van der Waals surface area contributed by atoms with E-state index in [2.05, 4.69) is 19.1 Å². The van der Waals surface area contributed by atoms with Gasteiger partial charge in [-0.2, -0.15) is 0 Å². The molecular formula is C14H16NO6PS. The Hall–Kier alpha value is -1.70. The van der Waals surface area contributed by atoms with Crippen LogP contribution in [0.1, 0.15) is 25.3 Å². The van der Waals surface area contributed by atoms with Crippen molar-refractivity contribution in [3.8, 4) is 0 Å². The number of benzene rings is 1. The molecule has 0 unspecified atom stereocenters. The van der Waals surface area contributed by atoms with Crippen LogP contribution >= 0.6 is 20.0 Å². The van der Waals surface area contributed by atoms with Gasteiger partial charge in [0.25, 0.3) is 5.69 Å². The maximum Gasteiger partial charge on any atom is 0.466 e. The number of nitro groups is 1. The van der Waals surface area contributed by atoms with Crippen molar-refractivity contribution in [2.75, 3.05) is 0 Å². The van der Waals surface area contributed by atoms with Gasteiger partial charge < -0.3 is 14.7 Å². The van der Waals surface area contributed by atoms with Crippen molar-refractivity contribution in [1.82, 2.24) is 0 Å². The van der Waals surface area contributed by atoms with Crippen LogP contribution in [0.15, 0.2) is 42.0 Å². The van der Waals surface area contributed by atoms with Gasteiger partial charge in [-0.1, -0.05) is 31.3 Å². The van der Waals surface area contributed by atoms with Gasteiger partial charge in [0.15, 0.2) is 0 Å². The maximum absolute atomic E-state index is 10.6. The van der Waals surface area contributed by atoms with E-state index in [1.54, 1.807) is 12.1 Å². The molecule has 9 heteroatoms. The van der Waals surface area contributed by atoms with E-state index >= 15 is 0 Å². The summed E-state index contributed by atoms with van der Waals surface area (Å²) in [5, 5.41) is 10.6. The third-order valence-electron chi connectivity index (χ3n) is 2.97. The summed E-state index contributed by atoms with van der Waals surface area (Å²) in [4.78, 5) is 32.7. The zero-order valence-corrected chi connectivity index (χ0v) is 14.0. The Kier molecular flexibility index (Phi) is 6.93. The number of nitrogens with zero attached hydrogens (tertiary/aromatic N) is 1. The molecule has 1 aromatic carbocycles. The molecule has 0 saturated carbocycles. The summed E-state index contributed by atoms with van der Waals surface area (Å²) in [6.45, 7) is 2.08. The van der Waals surface area contributed by atoms with E-state index in [0.29, 0.717) is 0 Å². The van der Waals surface area contributed by atoms with Crippen LogP contribution in [0, 0.1) is 10.1 Å². The fourth-order valence-electron chi connectivity index (χ4n) is 2.06. The summed E-state index contributed by atoms with van der Waals surface area (Å²) in [7, 11) is -4.64. The van der Waals surface area contributed by atoms with Crippen LogP contribution in [0.4, 0.5) is 5.69 Å². The second kappa shape index (κ2) is 8.24. The van der Waals surface area contributed by atoms with Crippen LogP contribution in [-0.2, 0) is 4.57 Å². The Bertz CT molecular complexity index is 696. The molecule has 0 saturated heterocycles. The highest BCUT2D eigenvalue weighted by molar-refractivity contribution is 7.81. The molecule has 0 spiro atoms. The van der Waals surface area contributed by atoms with E-state index in [-0.39, 0.29) is 5.69 Å². The number of non-ortho nitro benzene ring substituents is 1. The Morgan fingerprint density at radius 1 is 1.26 bits per heavy atom. The maximum atomic E-state index is 10.6. The number of allylic oxidation sites excluding steroid dienone is 4. The SMILES string of the molecule is CCC1=C(c2ccc([N+](=O)[O-])cc2)C(=S)CC=C1.O=P(O)(O)O. The molecular weight excluding hydrogens is 341 g/mol. The number of rotatable bonds is 3. The lowest BCUT2D eigenvalue weighted by Crippen LogP contribution is -2.05. The standard InChI is InChI=1S/C14H13NO2S.H3O4P/c1-2-10-4-3-5-13(18)14(10)11-6-8-12(9-7-11)15(16)17;1-5(2,3)4/h3-4,6-9H,2,5H2,1H3;(H3,1,2,3,4). The van der Waals surface area contributed by atoms with Gasteiger partial charge in [0.2, 0.25) is 0 Å². The molecule has 2 rings (SSSR count). The first-order valence-corrected chi connectivity index (χ1v) is 8.56. The van der Waals surface area contributed by atoms with Gasteiger partial charge in [-0.15, -0.1) is 0 Å². The monoisotopic (exact) mass is 357 g/mol. The predicted octanol–water partition coefficient (Wildman–Crippen LogP) is 3.16. The van der Waals surface area contributed by atoms with Crippen molar-refractivity contribution in [2.45, 2.75) is 19.8 Å². The highest BCUT2D eigenvalue weighted by atomic mass is 32.1. The molecule has 23 heavy (non-hydrogen) atoms. The Morgan fingerprint density at radius 2 is 1.78 bits per heavy atom. The Balaban J connectivity index is 0.000000463. The van der Waals surface area contributed by atoms with Crippen molar-refractivity contribution in [2.24, 2.45) is 0 Å². The highest BCUT2D eigenvalue weighted by Crippen LogP contribution is 2.29. The number of nitro benzene ring substituents is 1. The number of hydrogen-bond acceptors (Lipinski definition) is 4. The van der Waals surface area contributed by atoms with Gasteiger partial charge in [-0.05, 0) is 35.3 Å². The third kappa shape index (κ3) is 6.52.